The summed E-state index contributed by atoms with van der Waals surface area (Å²) < 4.78 is 29.3. The highest BCUT2D eigenvalue weighted by Crippen LogP contribution is 2.30. The monoisotopic (exact) mass is 402 g/mol. The quantitative estimate of drug-likeness (QED) is 0.676. The minimum Gasteiger partial charge on any atom is -0.435 e. The van der Waals surface area contributed by atoms with Crippen LogP contribution in [0.5, 0.6) is 5.75 Å². The number of alkyl halides is 2. The van der Waals surface area contributed by atoms with Crippen molar-refractivity contribution in [1.82, 2.24) is 10.6 Å². The number of amides is 1. The van der Waals surface area contributed by atoms with Gasteiger partial charge in [-0.1, -0.05) is 19.9 Å². The van der Waals surface area contributed by atoms with E-state index >= 15 is 0 Å². The number of ether oxygens (including phenoxy) is 1. The predicted octanol–water partition coefficient (Wildman–Crippen LogP) is 4.23. The average molecular weight is 402 g/mol. The molecule has 6 nitrogen and oxygen atoms in total. The second kappa shape index (κ2) is 9.36. The Labute approximate surface area is 168 Å². The number of rotatable bonds is 6. The second-order valence-electron chi connectivity index (χ2n) is 6.95. The minimum atomic E-state index is -2.88. The van der Waals surface area contributed by atoms with E-state index < -0.39 is 6.61 Å². The SMILES string of the molecule is CC(C)c1cc(C(=O)NC2=NCCCN2)ccc1Nc1cccc(OC(F)F)c1. The Morgan fingerprint density at radius 3 is 2.72 bits per heavy atom. The molecule has 0 spiro atoms. The van der Waals surface area contributed by atoms with Crippen molar-refractivity contribution in [1.29, 1.82) is 0 Å². The van der Waals surface area contributed by atoms with Gasteiger partial charge < -0.3 is 15.4 Å². The van der Waals surface area contributed by atoms with Gasteiger partial charge in [0.05, 0.1) is 0 Å². The van der Waals surface area contributed by atoms with Crippen molar-refractivity contribution < 1.29 is 18.3 Å². The largest absolute Gasteiger partial charge is 0.435 e. The molecule has 8 heteroatoms. The molecule has 1 aliphatic heterocycles. The molecular weight excluding hydrogens is 378 g/mol. The summed E-state index contributed by atoms with van der Waals surface area (Å²) in [5.74, 6) is 0.466. The Balaban J connectivity index is 1.79. The van der Waals surface area contributed by atoms with E-state index in [0.29, 0.717) is 23.8 Å². The van der Waals surface area contributed by atoms with Crippen LogP contribution in [-0.2, 0) is 0 Å². The summed E-state index contributed by atoms with van der Waals surface area (Å²) in [5, 5.41) is 9.07. The zero-order chi connectivity index (χ0) is 20.8. The molecule has 0 bridgehead atoms. The predicted molar refractivity (Wildman–Crippen MR) is 109 cm³/mol. The average Bonchev–Trinajstić information content (AvgIpc) is 2.68. The van der Waals surface area contributed by atoms with Gasteiger partial charge in [-0.25, -0.2) is 0 Å². The Bertz CT molecular complexity index is 900. The number of halogens is 2. The van der Waals surface area contributed by atoms with Crippen LogP contribution in [0, 0.1) is 0 Å². The van der Waals surface area contributed by atoms with Crippen molar-refractivity contribution >= 4 is 23.2 Å². The lowest BCUT2D eigenvalue weighted by Gasteiger charge is -2.18. The number of carbonyl (C=O) groups is 1. The summed E-state index contributed by atoms with van der Waals surface area (Å²) in [6.07, 6.45) is 0.945. The van der Waals surface area contributed by atoms with Gasteiger partial charge in [-0.05, 0) is 48.2 Å². The Morgan fingerprint density at radius 1 is 1.21 bits per heavy atom. The molecule has 0 aliphatic carbocycles. The van der Waals surface area contributed by atoms with Crippen LogP contribution < -0.4 is 20.7 Å². The normalized spacial score (nSPS) is 13.7. The minimum absolute atomic E-state index is 0.0767. The first-order valence-corrected chi connectivity index (χ1v) is 9.48. The second-order valence-corrected chi connectivity index (χ2v) is 6.95. The molecule has 2 aromatic rings. The van der Waals surface area contributed by atoms with Crippen LogP contribution in [0.2, 0.25) is 0 Å². The Kier molecular flexibility index (Phi) is 6.64. The van der Waals surface area contributed by atoms with E-state index in [1.807, 2.05) is 19.9 Å². The molecule has 154 valence electrons. The van der Waals surface area contributed by atoms with Crippen molar-refractivity contribution in [2.24, 2.45) is 4.99 Å². The number of aliphatic imine (C=N–C) groups is 1. The van der Waals surface area contributed by atoms with Crippen molar-refractivity contribution in [2.45, 2.75) is 32.8 Å². The van der Waals surface area contributed by atoms with E-state index in [2.05, 4.69) is 25.7 Å². The van der Waals surface area contributed by atoms with Gasteiger partial charge in [0.25, 0.3) is 5.91 Å². The number of benzene rings is 2. The Morgan fingerprint density at radius 2 is 2.03 bits per heavy atom. The highest BCUT2D eigenvalue weighted by molar-refractivity contribution is 6.06. The first kappa shape index (κ1) is 20.6. The van der Waals surface area contributed by atoms with Crippen molar-refractivity contribution in [2.75, 3.05) is 18.4 Å². The zero-order valence-corrected chi connectivity index (χ0v) is 16.3. The van der Waals surface area contributed by atoms with Gasteiger partial charge in [0.2, 0.25) is 0 Å². The summed E-state index contributed by atoms with van der Waals surface area (Å²) in [6.45, 7) is 2.64. The molecule has 2 aromatic carbocycles. The fourth-order valence-corrected chi connectivity index (χ4v) is 3.00. The molecule has 3 N–H and O–H groups in total. The summed E-state index contributed by atoms with van der Waals surface area (Å²) in [5.41, 5.74) is 2.85. The maximum absolute atomic E-state index is 12.6. The molecule has 1 amide bonds. The van der Waals surface area contributed by atoms with Crippen LogP contribution in [-0.4, -0.2) is 31.6 Å². The lowest BCUT2D eigenvalue weighted by molar-refractivity contribution is -0.0498. The molecular formula is C21H24F2N4O2. The molecule has 0 saturated carbocycles. The molecule has 29 heavy (non-hydrogen) atoms. The number of anilines is 2. The summed E-state index contributed by atoms with van der Waals surface area (Å²) >= 11 is 0. The third-order valence-electron chi connectivity index (χ3n) is 4.40. The van der Waals surface area contributed by atoms with Crippen LogP contribution >= 0.6 is 0 Å². The van der Waals surface area contributed by atoms with Gasteiger partial charge in [0.1, 0.15) is 5.75 Å². The molecule has 3 rings (SSSR count). The lowest BCUT2D eigenvalue weighted by Crippen LogP contribution is -2.43. The fourth-order valence-electron chi connectivity index (χ4n) is 3.00. The number of hydrogen-bond donors (Lipinski definition) is 3. The highest BCUT2D eigenvalue weighted by atomic mass is 19.3. The van der Waals surface area contributed by atoms with Gasteiger partial charge in [0.15, 0.2) is 5.96 Å². The van der Waals surface area contributed by atoms with Gasteiger partial charge in [-0.2, -0.15) is 8.78 Å². The zero-order valence-electron chi connectivity index (χ0n) is 16.3. The summed E-state index contributed by atoms with van der Waals surface area (Å²) in [4.78, 5) is 16.8. The standard InChI is InChI=1S/C21H24F2N4O2/c1-13(2)17-11-14(19(28)27-21-24-9-4-10-25-21)7-8-18(17)26-15-5-3-6-16(12-15)29-20(22)23/h3,5-8,11-13,20,26H,4,9-10H2,1-2H3,(H2,24,25,27,28). The maximum atomic E-state index is 12.6. The summed E-state index contributed by atoms with van der Waals surface area (Å²) in [6, 6.07) is 11.7. The molecule has 0 radical (unpaired) electrons. The number of nitrogens with one attached hydrogen (secondary N) is 3. The van der Waals surface area contributed by atoms with E-state index in [1.165, 1.54) is 12.1 Å². The molecule has 0 atom stereocenters. The van der Waals surface area contributed by atoms with E-state index in [1.54, 1.807) is 24.3 Å². The van der Waals surface area contributed by atoms with Crippen LogP contribution in [0.15, 0.2) is 47.5 Å². The van der Waals surface area contributed by atoms with E-state index in [4.69, 9.17) is 0 Å². The molecule has 1 aliphatic rings. The van der Waals surface area contributed by atoms with Crippen LogP contribution in [0.3, 0.4) is 0 Å². The smallest absolute Gasteiger partial charge is 0.387 e. The number of nitrogens with zero attached hydrogens (tertiary/aromatic N) is 1. The van der Waals surface area contributed by atoms with Crippen molar-refractivity contribution in [3.63, 3.8) is 0 Å². The van der Waals surface area contributed by atoms with Gasteiger partial charge in [-0.15, -0.1) is 0 Å². The van der Waals surface area contributed by atoms with Crippen molar-refractivity contribution in [3.05, 3.63) is 53.6 Å². The van der Waals surface area contributed by atoms with E-state index in [0.717, 1.165) is 24.2 Å². The number of hydrogen-bond acceptors (Lipinski definition) is 5. The van der Waals surface area contributed by atoms with Gasteiger partial charge in [0, 0.05) is 36.1 Å². The molecule has 0 unspecified atom stereocenters. The third kappa shape index (κ3) is 5.66. The van der Waals surface area contributed by atoms with Gasteiger partial charge >= 0.3 is 6.61 Å². The maximum Gasteiger partial charge on any atom is 0.387 e. The third-order valence-corrected chi connectivity index (χ3v) is 4.40. The van der Waals surface area contributed by atoms with Crippen LogP contribution in [0.1, 0.15) is 42.1 Å². The van der Waals surface area contributed by atoms with Crippen molar-refractivity contribution in [3.8, 4) is 5.75 Å². The number of guanidine groups is 1. The fraction of sp³-hybridized carbons (Fsp3) is 0.333. The lowest BCUT2D eigenvalue weighted by atomic mass is 9.98. The highest BCUT2D eigenvalue weighted by Gasteiger charge is 2.15. The van der Waals surface area contributed by atoms with Gasteiger partial charge in [-0.3, -0.25) is 15.1 Å². The van der Waals surface area contributed by atoms with Crippen LogP contribution in [0.25, 0.3) is 0 Å². The number of carbonyl (C=O) groups excluding carboxylic acids is 1. The summed E-state index contributed by atoms with van der Waals surface area (Å²) in [7, 11) is 0. The molecule has 0 saturated heterocycles. The molecule has 0 aromatic heterocycles. The van der Waals surface area contributed by atoms with E-state index in [-0.39, 0.29) is 17.6 Å². The first-order chi connectivity index (χ1) is 13.9. The Hall–Kier alpha value is -3.16. The van der Waals surface area contributed by atoms with E-state index in [9.17, 15) is 13.6 Å². The first-order valence-electron chi connectivity index (χ1n) is 9.48. The topological polar surface area (TPSA) is 74.8 Å². The van der Waals surface area contributed by atoms with Crippen LogP contribution in [0.4, 0.5) is 20.2 Å². The molecule has 0 fully saturated rings. The molecule has 1 heterocycles.